The zero-order chi connectivity index (χ0) is 12.3. The molecular formula is C15H15NO. The number of aryl methyl sites for hydroxylation is 1. The molecule has 0 aliphatic carbocycles. The maximum absolute atomic E-state index is 8.00. The summed E-state index contributed by atoms with van der Waals surface area (Å²) in [6, 6.07) is 15.0. The van der Waals surface area contributed by atoms with Crippen LogP contribution in [0.1, 0.15) is 12.5 Å². The van der Waals surface area contributed by atoms with E-state index in [-0.39, 0.29) is 0 Å². The molecule has 1 N–H and O–H groups in total. The molecule has 0 saturated carbocycles. The first-order valence-corrected chi connectivity index (χ1v) is 5.67. The topological polar surface area (TPSA) is 32.9 Å². The van der Waals surface area contributed by atoms with E-state index in [1.807, 2.05) is 6.79 Å². The van der Waals surface area contributed by atoms with E-state index >= 15 is 0 Å². The summed E-state index contributed by atoms with van der Waals surface area (Å²) in [5, 5.41) is 2.66. The number of H-pyrrole nitrogens is 1. The summed E-state index contributed by atoms with van der Waals surface area (Å²) in [6.45, 7) is 4.19. The van der Waals surface area contributed by atoms with Crippen molar-refractivity contribution in [3.63, 3.8) is 0 Å². The molecule has 3 rings (SSSR count). The van der Waals surface area contributed by atoms with E-state index < -0.39 is 0 Å². The van der Waals surface area contributed by atoms with Crippen LogP contribution in [0.15, 0.2) is 42.5 Å². The Balaban J connectivity index is 0.000000514. The highest BCUT2D eigenvalue weighted by molar-refractivity contribution is 6.08. The number of para-hydroxylation sites is 2. The lowest BCUT2D eigenvalue weighted by molar-refractivity contribution is -0.0979. The number of carbonyl (C=O) groups is 1. The van der Waals surface area contributed by atoms with Gasteiger partial charge in [0.05, 0.1) is 0 Å². The summed E-state index contributed by atoms with van der Waals surface area (Å²) in [7, 11) is 0. The Hall–Kier alpha value is -2.09. The molecule has 0 atom stereocenters. The van der Waals surface area contributed by atoms with Gasteiger partial charge >= 0.3 is 0 Å². The smallest absolute Gasteiger partial charge is 0.106 e. The van der Waals surface area contributed by atoms with Crippen LogP contribution in [0.4, 0.5) is 0 Å². The van der Waals surface area contributed by atoms with Crippen molar-refractivity contribution >= 4 is 28.6 Å². The van der Waals surface area contributed by atoms with Gasteiger partial charge in [-0.05, 0) is 18.1 Å². The van der Waals surface area contributed by atoms with Gasteiger partial charge in [-0.15, -0.1) is 0 Å². The van der Waals surface area contributed by atoms with Crippen molar-refractivity contribution in [2.75, 3.05) is 0 Å². The van der Waals surface area contributed by atoms with E-state index in [1.54, 1.807) is 0 Å². The molecule has 2 nitrogen and oxygen atoms in total. The average molecular weight is 225 g/mol. The molecule has 1 heterocycles. The lowest BCUT2D eigenvalue weighted by Gasteiger charge is -1.97. The molecule has 86 valence electrons. The van der Waals surface area contributed by atoms with Crippen LogP contribution in [0.2, 0.25) is 0 Å². The van der Waals surface area contributed by atoms with Gasteiger partial charge in [-0.1, -0.05) is 43.3 Å². The van der Waals surface area contributed by atoms with E-state index in [1.165, 1.54) is 27.4 Å². The fourth-order valence-electron chi connectivity index (χ4n) is 2.23. The van der Waals surface area contributed by atoms with Gasteiger partial charge in [0, 0.05) is 21.8 Å². The van der Waals surface area contributed by atoms with Gasteiger partial charge < -0.3 is 9.78 Å². The normalized spacial score (nSPS) is 10.2. The second-order valence-corrected chi connectivity index (χ2v) is 3.86. The van der Waals surface area contributed by atoms with Crippen LogP contribution in [0.5, 0.6) is 0 Å². The maximum Gasteiger partial charge on any atom is 0.106 e. The lowest BCUT2D eigenvalue weighted by Crippen LogP contribution is -1.80. The van der Waals surface area contributed by atoms with E-state index in [2.05, 4.69) is 54.4 Å². The Morgan fingerprint density at radius 3 is 2.47 bits per heavy atom. The minimum absolute atomic E-state index is 1.07. The van der Waals surface area contributed by atoms with Crippen LogP contribution < -0.4 is 0 Å². The van der Waals surface area contributed by atoms with E-state index in [9.17, 15) is 0 Å². The molecule has 2 heteroatoms. The van der Waals surface area contributed by atoms with Gasteiger partial charge in [0.1, 0.15) is 6.79 Å². The zero-order valence-corrected chi connectivity index (χ0v) is 9.86. The van der Waals surface area contributed by atoms with E-state index in [4.69, 9.17) is 4.79 Å². The average Bonchev–Trinajstić information content (AvgIpc) is 2.79. The fraction of sp³-hybridized carbons (Fsp3) is 0.133. The van der Waals surface area contributed by atoms with Gasteiger partial charge in [0.15, 0.2) is 0 Å². The van der Waals surface area contributed by atoms with Gasteiger partial charge in [0.25, 0.3) is 0 Å². The summed E-state index contributed by atoms with van der Waals surface area (Å²) in [6.07, 6.45) is 1.07. The van der Waals surface area contributed by atoms with Crippen LogP contribution in [-0.2, 0) is 11.2 Å². The number of aromatic nitrogens is 1. The van der Waals surface area contributed by atoms with Crippen molar-refractivity contribution in [1.29, 1.82) is 0 Å². The van der Waals surface area contributed by atoms with Crippen molar-refractivity contribution in [3.8, 4) is 0 Å². The number of aromatic amines is 1. The maximum atomic E-state index is 8.00. The highest BCUT2D eigenvalue weighted by atomic mass is 16.1. The van der Waals surface area contributed by atoms with Crippen LogP contribution >= 0.6 is 0 Å². The quantitative estimate of drug-likeness (QED) is 0.673. The number of nitrogens with one attached hydrogen (secondary N) is 1. The molecule has 0 spiro atoms. The monoisotopic (exact) mass is 225 g/mol. The molecule has 0 saturated heterocycles. The molecule has 0 unspecified atom stereocenters. The number of carbonyl (C=O) groups excluding carboxylic acids is 1. The van der Waals surface area contributed by atoms with Crippen LogP contribution in [0.25, 0.3) is 21.8 Å². The van der Waals surface area contributed by atoms with Crippen molar-refractivity contribution in [1.82, 2.24) is 4.98 Å². The molecule has 0 bridgehead atoms. The number of benzene rings is 2. The van der Waals surface area contributed by atoms with Crippen molar-refractivity contribution < 1.29 is 4.79 Å². The molecule has 1 aromatic heterocycles. The SMILES string of the molecule is C=O.CCc1cccc2c1[nH]c1ccccc12. The Morgan fingerprint density at radius 1 is 1.00 bits per heavy atom. The number of hydrogen-bond donors (Lipinski definition) is 1. The molecule has 0 amide bonds. The van der Waals surface area contributed by atoms with Gasteiger partial charge in [-0.3, -0.25) is 0 Å². The number of hydrogen-bond acceptors (Lipinski definition) is 1. The minimum atomic E-state index is 1.07. The summed E-state index contributed by atoms with van der Waals surface area (Å²) < 4.78 is 0. The van der Waals surface area contributed by atoms with Crippen molar-refractivity contribution in [3.05, 3.63) is 48.0 Å². The predicted octanol–water partition coefficient (Wildman–Crippen LogP) is 3.70. The second-order valence-electron chi connectivity index (χ2n) is 3.86. The highest BCUT2D eigenvalue weighted by Gasteiger charge is 2.05. The van der Waals surface area contributed by atoms with Crippen LogP contribution in [-0.4, -0.2) is 11.8 Å². The molecule has 17 heavy (non-hydrogen) atoms. The Bertz CT molecular complexity index is 640. The first-order valence-electron chi connectivity index (χ1n) is 5.67. The summed E-state index contributed by atoms with van der Waals surface area (Å²) in [5.74, 6) is 0. The summed E-state index contributed by atoms with van der Waals surface area (Å²) >= 11 is 0. The molecule has 0 aliphatic rings. The number of rotatable bonds is 1. The first kappa shape index (κ1) is 11.4. The van der Waals surface area contributed by atoms with Crippen molar-refractivity contribution in [2.45, 2.75) is 13.3 Å². The Kier molecular flexibility index (Phi) is 3.24. The van der Waals surface area contributed by atoms with Crippen molar-refractivity contribution in [2.24, 2.45) is 0 Å². The Labute approximate surface area is 100 Å². The van der Waals surface area contributed by atoms with E-state index in [0.717, 1.165) is 6.42 Å². The molecule has 2 aromatic carbocycles. The first-order chi connectivity index (χ1) is 8.40. The lowest BCUT2D eigenvalue weighted by atomic mass is 10.1. The van der Waals surface area contributed by atoms with Gasteiger partial charge in [-0.2, -0.15) is 0 Å². The fourth-order valence-corrected chi connectivity index (χ4v) is 2.23. The largest absolute Gasteiger partial charge is 0.354 e. The standard InChI is InChI=1S/C14H13N.CH2O/c1-2-10-6-5-8-12-11-7-3-4-9-13(11)15-14(10)12;1-2/h3-9,15H,2H2,1H3;1H2. The van der Waals surface area contributed by atoms with Crippen LogP contribution in [0.3, 0.4) is 0 Å². The molecular weight excluding hydrogens is 210 g/mol. The molecule has 0 radical (unpaired) electrons. The summed E-state index contributed by atoms with van der Waals surface area (Å²) in [5.41, 5.74) is 3.92. The third-order valence-corrected chi connectivity index (χ3v) is 3.01. The number of fused-ring (bicyclic) bond motifs is 3. The molecule has 0 fully saturated rings. The minimum Gasteiger partial charge on any atom is -0.354 e. The molecule has 3 aromatic rings. The predicted molar refractivity (Wildman–Crippen MR) is 72.3 cm³/mol. The highest BCUT2D eigenvalue weighted by Crippen LogP contribution is 2.27. The molecule has 0 aliphatic heterocycles. The third kappa shape index (κ3) is 1.82. The summed E-state index contributed by atoms with van der Waals surface area (Å²) in [4.78, 5) is 11.5. The van der Waals surface area contributed by atoms with Gasteiger partial charge in [-0.25, -0.2) is 0 Å². The van der Waals surface area contributed by atoms with E-state index in [0.29, 0.717) is 0 Å². The van der Waals surface area contributed by atoms with Crippen LogP contribution in [0, 0.1) is 0 Å². The van der Waals surface area contributed by atoms with Gasteiger partial charge in [0.2, 0.25) is 0 Å². The Morgan fingerprint density at radius 2 is 1.71 bits per heavy atom. The third-order valence-electron chi connectivity index (χ3n) is 3.01. The second kappa shape index (κ2) is 4.83. The zero-order valence-electron chi connectivity index (χ0n) is 9.86.